The van der Waals surface area contributed by atoms with Crippen LogP contribution in [0.25, 0.3) is 90.4 Å². The molecule has 0 N–H and O–H groups in total. The Bertz CT molecular complexity index is 3010. The van der Waals surface area contributed by atoms with Crippen molar-refractivity contribution in [2.45, 2.75) is 6.92 Å². The number of hydrogen-bond acceptors (Lipinski definition) is 5. The zero-order valence-corrected chi connectivity index (χ0v) is 29.8. The topological polar surface area (TPSA) is 96.1 Å². The molecule has 0 unspecified atom stereocenters. The first kappa shape index (κ1) is 33.0. The quantitative estimate of drug-likeness (QED) is 0.164. The van der Waals surface area contributed by atoms with Crippen LogP contribution in [0, 0.1) is 22.7 Å². The third-order valence-electron chi connectivity index (χ3n) is 9.97. The number of para-hydroxylation sites is 2. The molecule has 0 radical (unpaired) electrons. The summed E-state index contributed by atoms with van der Waals surface area (Å²) in [6.45, 7) is 6.25. The number of nitrogens with zero attached hydrogens (tertiary/aromatic N) is 7. The van der Waals surface area contributed by atoms with Gasteiger partial charge in [0.2, 0.25) is 0 Å². The molecule has 3 heterocycles. The molecule has 9 aromatic rings. The second-order valence-electron chi connectivity index (χ2n) is 13.0. The van der Waals surface area contributed by atoms with Crippen molar-refractivity contribution in [3.8, 4) is 57.7 Å². The third kappa shape index (κ3) is 5.31. The summed E-state index contributed by atoms with van der Waals surface area (Å²) >= 11 is 0. The Morgan fingerprint density at radius 1 is 0.564 bits per heavy atom. The highest BCUT2D eigenvalue weighted by molar-refractivity contribution is 6.24. The fourth-order valence-corrected chi connectivity index (χ4v) is 7.66. The highest BCUT2D eigenvalue weighted by atomic mass is 15.0. The summed E-state index contributed by atoms with van der Waals surface area (Å²) in [5, 5.41) is 24.9. The zero-order valence-electron chi connectivity index (χ0n) is 29.8. The molecule has 55 heavy (non-hydrogen) atoms. The van der Waals surface area contributed by atoms with Crippen LogP contribution in [-0.4, -0.2) is 24.1 Å². The van der Waals surface area contributed by atoms with Gasteiger partial charge in [-0.15, -0.1) is 0 Å². The molecule has 0 spiro atoms. The standard InChI is InChI=1S/C48H31N7/c1-3-16-35-39(4-2)54(33-21-12-7-13-22-33)42-27-28-43-45(44(35)42)36-23-14-15-24-40(36)55(43)41-26-25-34(37(29-49)38(41)30-50)48-52-46(31-17-8-5-9-18-31)51-47(53-48)32-19-10-6-11-20-32/h3-28H,2H2,1H3/b16-3-. The molecule has 0 fully saturated rings. The minimum absolute atomic E-state index is 0.190. The smallest absolute Gasteiger partial charge is 0.165 e. The first-order valence-electron chi connectivity index (χ1n) is 17.9. The van der Waals surface area contributed by atoms with Crippen molar-refractivity contribution in [3.63, 3.8) is 0 Å². The fourth-order valence-electron chi connectivity index (χ4n) is 7.66. The molecule has 7 heteroatoms. The van der Waals surface area contributed by atoms with Crippen LogP contribution < -0.4 is 0 Å². The lowest BCUT2D eigenvalue weighted by Gasteiger charge is -2.14. The van der Waals surface area contributed by atoms with Crippen molar-refractivity contribution in [2.75, 3.05) is 0 Å². The maximum atomic E-state index is 10.9. The molecule has 0 amide bonds. The average Bonchev–Trinajstić information content (AvgIpc) is 3.76. The van der Waals surface area contributed by atoms with E-state index < -0.39 is 0 Å². The average molecular weight is 706 g/mol. The Labute approximate surface area is 317 Å². The number of nitriles is 2. The van der Waals surface area contributed by atoms with E-state index >= 15 is 0 Å². The van der Waals surface area contributed by atoms with Gasteiger partial charge in [0.1, 0.15) is 12.1 Å². The highest BCUT2D eigenvalue weighted by Gasteiger charge is 2.25. The predicted octanol–water partition coefficient (Wildman–Crippen LogP) is 11.3. The lowest BCUT2D eigenvalue weighted by molar-refractivity contribution is 1.07. The van der Waals surface area contributed by atoms with E-state index in [4.69, 9.17) is 15.0 Å². The van der Waals surface area contributed by atoms with Gasteiger partial charge in [0.15, 0.2) is 17.5 Å². The van der Waals surface area contributed by atoms with Crippen LogP contribution in [0.5, 0.6) is 0 Å². The van der Waals surface area contributed by atoms with Gasteiger partial charge in [-0.05, 0) is 55.5 Å². The molecule has 7 nitrogen and oxygen atoms in total. The first-order valence-corrected chi connectivity index (χ1v) is 17.9. The van der Waals surface area contributed by atoms with Crippen molar-refractivity contribution in [3.05, 3.63) is 175 Å². The van der Waals surface area contributed by atoms with Crippen LogP contribution in [0.3, 0.4) is 0 Å². The summed E-state index contributed by atoms with van der Waals surface area (Å²) in [6.07, 6.45) is 6.09. The van der Waals surface area contributed by atoms with E-state index in [0.29, 0.717) is 28.7 Å². The van der Waals surface area contributed by atoms with Crippen LogP contribution in [0.15, 0.2) is 152 Å². The second-order valence-corrected chi connectivity index (χ2v) is 13.0. The van der Waals surface area contributed by atoms with Crippen molar-refractivity contribution in [1.29, 1.82) is 10.5 Å². The summed E-state index contributed by atoms with van der Waals surface area (Å²) in [5.41, 5.74) is 9.02. The van der Waals surface area contributed by atoms with Crippen LogP contribution in [0.2, 0.25) is 0 Å². The molecule has 0 aliphatic rings. The Morgan fingerprint density at radius 2 is 1.13 bits per heavy atom. The summed E-state index contributed by atoms with van der Waals surface area (Å²) in [6, 6.07) is 50.6. The Morgan fingerprint density at radius 3 is 1.73 bits per heavy atom. The van der Waals surface area contributed by atoms with E-state index in [-0.39, 0.29) is 11.1 Å². The SMILES string of the molecule is C=Cc1c(/C=C\C)c2c3c4ccccc4n(-c4ccc(-c5nc(-c6ccccc6)nc(-c6ccccc6)n5)c(C#N)c4C#N)c3ccc2n1-c1ccccc1. The van der Waals surface area contributed by atoms with Crippen LogP contribution >= 0.6 is 0 Å². The molecule has 0 aliphatic carbocycles. The van der Waals surface area contributed by atoms with Gasteiger partial charge in [0.05, 0.1) is 39.1 Å². The minimum atomic E-state index is 0.190. The van der Waals surface area contributed by atoms with Gasteiger partial charge in [0.25, 0.3) is 0 Å². The molecule has 3 aromatic heterocycles. The van der Waals surface area contributed by atoms with Crippen molar-refractivity contribution >= 4 is 44.9 Å². The van der Waals surface area contributed by atoms with Crippen molar-refractivity contribution in [1.82, 2.24) is 24.1 Å². The first-order chi connectivity index (χ1) is 27.1. The zero-order chi connectivity index (χ0) is 37.5. The Balaban J connectivity index is 1.33. The Hall–Kier alpha value is -7.87. The summed E-state index contributed by atoms with van der Waals surface area (Å²) < 4.78 is 4.34. The van der Waals surface area contributed by atoms with E-state index in [0.717, 1.165) is 60.8 Å². The van der Waals surface area contributed by atoms with E-state index in [2.05, 4.69) is 76.4 Å². The third-order valence-corrected chi connectivity index (χ3v) is 9.97. The maximum absolute atomic E-state index is 10.9. The van der Waals surface area contributed by atoms with Crippen LogP contribution in [-0.2, 0) is 0 Å². The van der Waals surface area contributed by atoms with E-state index in [1.54, 1.807) is 0 Å². The van der Waals surface area contributed by atoms with Gasteiger partial charge in [-0.25, -0.2) is 15.0 Å². The summed E-state index contributed by atoms with van der Waals surface area (Å²) in [5.74, 6) is 1.26. The van der Waals surface area contributed by atoms with Gasteiger partial charge in [-0.2, -0.15) is 10.5 Å². The van der Waals surface area contributed by atoms with Crippen molar-refractivity contribution < 1.29 is 0 Å². The van der Waals surface area contributed by atoms with E-state index in [1.165, 1.54) is 0 Å². The van der Waals surface area contributed by atoms with Crippen molar-refractivity contribution in [2.24, 2.45) is 0 Å². The summed E-state index contributed by atoms with van der Waals surface area (Å²) in [7, 11) is 0. The largest absolute Gasteiger partial charge is 0.309 e. The van der Waals surface area contributed by atoms with Crippen LogP contribution in [0.4, 0.5) is 0 Å². The number of allylic oxidation sites excluding steroid dienone is 1. The van der Waals surface area contributed by atoms with Crippen LogP contribution in [0.1, 0.15) is 29.3 Å². The molecule has 0 saturated heterocycles. The molecular weight excluding hydrogens is 675 g/mol. The van der Waals surface area contributed by atoms with E-state index in [9.17, 15) is 10.5 Å². The van der Waals surface area contributed by atoms with Gasteiger partial charge in [-0.1, -0.05) is 116 Å². The lowest BCUT2D eigenvalue weighted by Crippen LogP contribution is -2.05. The molecule has 9 rings (SSSR count). The molecular formula is C48H31N7. The molecule has 258 valence electrons. The highest BCUT2D eigenvalue weighted by Crippen LogP contribution is 2.43. The molecule has 0 saturated carbocycles. The lowest BCUT2D eigenvalue weighted by atomic mass is 9.99. The number of fused-ring (bicyclic) bond motifs is 5. The van der Waals surface area contributed by atoms with Gasteiger partial charge in [-0.3, -0.25) is 0 Å². The monoisotopic (exact) mass is 705 g/mol. The van der Waals surface area contributed by atoms with Gasteiger partial charge < -0.3 is 9.13 Å². The molecule has 6 aromatic carbocycles. The number of hydrogen-bond donors (Lipinski definition) is 0. The van der Waals surface area contributed by atoms with Gasteiger partial charge >= 0.3 is 0 Å². The molecule has 0 atom stereocenters. The summed E-state index contributed by atoms with van der Waals surface area (Å²) in [4.78, 5) is 14.6. The molecule has 0 bridgehead atoms. The molecule has 0 aliphatic heterocycles. The maximum Gasteiger partial charge on any atom is 0.165 e. The number of aromatic nitrogens is 5. The fraction of sp³-hybridized carbons (Fsp3) is 0.0208. The Kier molecular flexibility index (Phi) is 8.16. The second kappa shape index (κ2) is 13.6. The van der Waals surface area contributed by atoms with Gasteiger partial charge in [0, 0.05) is 44.1 Å². The number of rotatable bonds is 7. The number of benzene rings is 6. The minimum Gasteiger partial charge on any atom is -0.309 e. The normalized spacial score (nSPS) is 11.3. The van der Waals surface area contributed by atoms with E-state index in [1.807, 2.05) is 116 Å². The predicted molar refractivity (Wildman–Crippen MR) is 222 cm³/mol.